The van der Waals surface area contributed by atoms with E-state index in [1.165, 1.54) is 0 Å². The maximum absolute atomic E-state index is 5.42. The maximum Gasteiger partial charge on any atom is 0.316 e. The van der Waals surface area contributed by atoms with Crippen LogP contribution in [0.1, 0.15) is 23.9 Å². The molecule has 0 spiro atoms. The molecule has 0 saturated carbocycles. The van der Waals surface area contributed by atoms with Crippen molar-refractivity contribution in [1.29, 1.82) is 0 Å². The largest absolute Gasteiger partial charge is 0.497 e. The molecule has 1 heterocycles. The van der Waals surface area contributed by atoms with Crippen LogP contribution in [0.3, 0.4) is 0 Å². The summed E-state index contributed by atoms with van der Waals surface area (Å²) in [5.74, 6) is 1.62. The molecule has 0 atom stereocenters. The first-order chi connectivity index (χ1) is 10.7. The summed E-state index contributed by atoms with van der Waals surface area (Å²) in [6.07, 6.45) is 1.63. The Bertz CT molecular complexity index is 629. The van der Waals surface area contributed by atoms with Gasteiger partial charge in [0.05, 0.1) is 20.8 Å². The van der Waals surface area contributed by atoms with Crippen molar-refractivity contribution in [2.45, 2.75) is 26.7 Å². The molecule has 2 rings (SSSR count). The molecule has 0 aliphatic carbocycles. The predicted molar refractivity (Wildman–Crippen MR) is 84.9 cm³/mol. The molecule has 0 aliphatic rings. The normalized spacial score (nSPS) is 10.4. The molecule has 0 bridgehead atoms. The third-order valence-corrected chi connectivity index (χ3v) is 3.30. The topological polar surface area (TPSA) is 53.5 Å². The van der Waals surface area contributed by atoms with Crippen LogP contribution < -0.4 is 14.2 Å². The van der Waals surface area contributed by atoms with Crippen molar-refractivity contribution < 1.29 is 14.2 Å². The Labute approximate surface area is 131 Å². The number of rotatable bonds is 7. The smallest absolute Gasteiger partial charge is 0.316 e. The van der Waals surface area contributed by atoms with E-state index in [1.807, 2.05) is 38.1 Å². The predicted octanol–water partition coefficient (Wildman–Crippen LogP) is 2.99. The fraction of sp³-hybridized carbons (Fsp3) is 0.412. The van der Waals surface area contributed by atoms with Crippen molar-refractivity contribution in [3.8, 4) is 17.5 Å². The van der Waals surface area contributed by atoms with Gasteiger partial charge in [0.1, 0.15) is 11.5 Å². The van der Waals surface area contributed by atoms with Gasteiger partial charge in [-0.25, -0.2) is 9.97 Å². The molecule has 2 aromatic rings. The van der Waals surface area contributed by atoms with Crippen molar-refractivity contribution in [3.63, 3.8) is 0 Å². The number of aromatic nitrogens is 2. The molecule has 0 radical (unpaired) electrons. The van der Waals surface area contributed by atoms with Gasteiger partial charge < -0.3 is 14.2 Å². The number of aryl methyl sites for hydroxylation is 3. The fourth-order valence-corrected chi connectivity index (χ4v) is 2.25. The van der Waals surface area contributed by atoms with Crippen LogP contribution in [-0.2, 0) is 12.8 Å². The van der Waals surface area contributed by atoms with Crippen molar-refractivity contribution in [2.75, 3.05) is 20.8 Å². The van der Waals surface area contributed by atoms with Crippen LogP contribution in [0.5, 0.6) is 17.5 Å². The Hall–Kier alpha value is -2.30. The lowest BCUT2D eigenvalue weighted by molar-refractivity contribution is 0.310. The fourth-order valence-electron chi connectivity index (χ4n) is 2.25. The monoisotopic (exact) mass is 302 g/mol. The Kier molecular flexibility index (Phi) is 5.58. The molecule has 0 amide bonds. The summed E-state index contributed by atoms with van der Waals surface area (Å²) in [4.78, 5) is 8.69. The lowest BCUT2D eigenvalue weighted by Gasteiger charge is -2.11. The van der Waals surface area contributed by atoms with Crippen LogP contribution in [0.4, 0.5) is 0 Å². The van der Waals surface area contributed by atoms with Gasteiger partial charge in [0.2, 0.25) is 0 Å². The van der Waals surface area contributed by atoms with Crippen molar-refractivity contribution in [1.82, 2.24) is 9.97 Å². The molecule has 1 aromatic carbocycles. The highest BCUT2D eigenvalue weighted by Gasteiger charge is 2.08. The summed E-state index contributed by atoms with van der Waals surface area (Å²) in [5.41, 5.74) is 3.00. The molecule has 0 aliphatic heterocycles. The Morgan fingerprint density at radius 2 is 1.82 bits per heavy atom. The highest BCUT2D eigenvalue weighted by Crippen LogP contribution is 2.25. The van der Waals surface area contributed by atoms with Crippen molar-refractivity contribution >= 4 is 0 Å². The van der Waals surface area contributed by atoms with Gasteiger partial charge in [0.25, 0.3) is 0 Å². The molecule has 5 nitrogen and oxygen atoms in total. The molecule has 22 heavy (non-hydrogen) atoms. The van der Waals surface area contributed by atoms with Crippen LogP contribution in [0.2, 0.25) is 0 Å². The van der Waals surface area contributed by atoms with Crippen LogP contribution in [0.25, 0.3) is 0 Å². The van der Waals surface area contributed by atoms with E-state index in [4.69, 9.17) is 14.2 Å². The van der Waals surface area contributed by atoms with Gasteiger partial charge in [0.15, 0.2) is 0 Å². The second-order valence-corrected chi connectivity index (χ2v) is 4.89. The average molecular weight is 302 g/mol. The Morgan fingerprint density at radius 1 is 1.00 bits per heavy atom. The SMILES string of the molecule is CCOc1nc(C)cc(CCc2ccc(OC)cc2OC)n1. The van der Waals surface area contributed by atoms with Crippen molar-refractivity contribution in [3.05, 3.63) is 41.2 Å². The zero-order valence-electron chi connectivity index (χ0n) is 13.5. The second-order valence-electron chi connectivity index (χ2n) is 4.89. The summed E-state index contributed by atoms with van der Waals surface area (Å²) < 4.78 is 16.0. The third-order valence-electron chi connectivity index (χ3n) is 3.30. The number of methoxy groups -OCH3 is 2. The molecule has 0 fully saturated rings. The number of hydrogen-bond donors (Lipinski definition) is 0. The third kappa shape index (κ3) is 4.10. The van der Waals surface area contributed by atoms with Gasteiger partial charge in [-0.05, 0) is 44.4 Å². The first-order valence-electron chi connectivity index (χ1n) is 7.34. The number of nitrogens with zero attached hydrogens (tertiary/aromatic N) is 2. The van der Waals surface area contributed by atoms with Crippen LogP contribution >= 0.6 is 0 Å². The molecule has 0 N–H and O–H groups in total. The van der Waals surface area contributed by atoms with Crippen LogP contribution in [-0.4, -0.2) is 30.8 Å². The summed E-state index contributed by atoms with van der Waals surface area (Å²) in [7, 11) is 3.31. The molecule has 5 heteroatoms. The first kappa shape index (κ1) is 16.1. The molecule has 1 aromatic heterocycles. The summed E-state index contributed by atoms with van der Waals surface area (Å²) in [5, 5.41) is 0. The quantitative estimate of drug-likeness (QED) is 0.787. The minimum absolute atomic E-state index is 0.444. The van der Waals surface area contributed by atoms with E-state index in [0.29, 0.717) is 12.6 Å². The minimum atomic E-state index is 0.444. The summed E-state index contributed by atoms with van der Waals surface area (Å²) in [6.45, 7) is 4.43. The van der Waals surface area contributed by atoms with Gasteiger partial charge in [-0.15, -0.1) is 0 Å². The summed E-state index contributed by atoms with van der Waals surface area (Å²) in [6, 6.07) is 8.29. The number of benzene rings is 1. The second kappa shape index (κ2) is 7.64. The Morgan fingerprint density at radius 3 is 2.50 bits per heavy atom. The van der Waals surface area contributed by atoms with Crippen LogP contribution in [0.15, 0.2) is 24.3 Å². The zero-order chi connectivity index (χ0) is 15.9. The highest BCUT2D eigenvalue weighted by atomic mass is 16.5. The van der Waals surface area contributed by atoms with E-state index >= 15 is 0 Å². The van der Waals surface area contributed by atoms with Crippen molar-refractivity contribution in [2.24, 2.45) is 0 Å². The minimum Gasteiger partial charge on any atom is -0.497 e. The standard InChI is InChI=1S/C17H22N2O3/c1-5-22-17-18-12(2)10-14(19-17)8-6-13-7-9-15(20-3)11-16(13)21-4/h7,9-11H,5-6,8H2,1-4H3. The van der Waals surface area contributed by atoms with Gasteiger partial charge >= 0.3 is 6.01 Å². The van der Waals surface area contributed by atoms with Gasteiger partial charge in [-0.1, -0.05) is 6.07 Å². The van der Waals surface area contributed by atoms with Gasteiger partial charge in [0, 0.05) is 17.5 Å². The van der Waals surface area contributed by atoms with Gasteiger partial charge in [-0.3, -0.25) is 0 Å². The lowest BCUT2D eigenvalue weighted by Crippen LogP contribution is -2.03. The Balaban J connectivity index is 2.12. The van der Waals surface area contributed by atoms with E-state index in [-0.39, 0.29) is 0 Å². The molecule has 118 valence electrons. The highest BCUT2D eigenvalue weighted by molar-refractivity contribution is 5.41. The molecule has 0 saturated heterocycles. The lowest BCUT2D eigenvalue weighted by atomic mass is 10.1. The van der Waals surface area contributed by atoms with E-state index in [9.17, 15) is 0 Å². The summed E-state index contributed by atoms with van der Waals surface area (Å²) >= 11 is 0. The first-order valence-corrected chi connectivity index (χ1v) is 7.34. The zero-order valence-corrected chi connectivity index (χ0v) is 13.5. The molecular weight excluding hydrogens is 280 g/mol. The van der Waals surface area contributed by atoms with E-state index in [2.05, 4.69) is 9.97 Å². The number of hydrogen-bond acceptors (Lipinski definition) is 5. The molecule has 0 unspecified atom stereocenters. The van der Waals surface area contributed by atoms with E-state index in [1.54, 1.807) is 14.2 Å². The van der Waals surface area contributed by atoms with E-state index < -0.39 is 0 Å². The van der Waals surface area contributed by atoms with Gasteiger partial charge in [-0.2, -0.15) is 0 Å². The molecular formula is C17H22N2O3. The average Bonchev–Trinajstić information content (AvgIpc) is 2.52. The van der Waals surface area contributed by atoms with Crippen LogP contribution in [0, 0.1) is 6.92 Å². The van der Waals surface area contributed by atoms with E-state index in [0.717, 1.165) is 41.3 Å². The maximum atomic E-state index is 5.42. The number of ether oxygens (including phenoxy) is 3.